The summed E-state index contributed by atoms with van der Waals surface area (Å²) in [5.74, 6) is -0.133. The minimum absolute atomic E-state index is 0.132. The molecule has 0 bridgehead atoms. The Morgan fingerprint density at radius 1 is 1.42 bits per heavy atom. The van der Waals surface area contributed by atoms with E-state index in [2.05, 4.69) is 10.5 Å². The van der Waals surface area contributed by atoms with Gasteiger partial charge in [0.05, 0.1) is 6.04 Å². The van der Waals surface area contributed by atoms with Gasteiger partial charge in [-0.3, -0.25) is 9.69 Å². The van der Waals surface area contributed by atoms with Gasteiger partial charge in [0.2, 0.25) is 0 Å². The predicted molar refractivity (Wildman–Crippen MR) is 88.9 cm³/mol. The average Bonchev–Trinajstić information content (AvgIpc) is 3.25. The first-order valence-corrected chi connectivity index (χ1v) is 7.82. The van der Waals surface area contributed by atoms with E-state index in [4.69, 9.17) is 4.52 Å². The number of carbonyl (C=O) groups is 2. The normalized spacial score (nSPS) is 15.3. The highest BCUT2D eigenvalue weighted by molar-refractivity contribution is 5.99. The summed E-state index contributed by atoms with van der Waals surface area (Å²) in [5.41, 5.74) is 2.94. The first-order chi connectivity index (χ1) is 11.5. The lowest BCUT2D eigenvalue weighted by atomic mass is 10.1. The van der Waals surface area contributed by atoms with Gasteiger partial charge in [0.1, 0.15) is 12.0 Å². The van der Waals surface area contributed by atoms with Crippen molar-refractivity contribution in [3.8, 4) is 0 Å². The van der Waals surface area contributed by atoms with Crippen LogP contribution in [0.3, 0.4) is 0 Å². The second-order valence-corrected chi connectivity index (χ2v) is 5.90. The minimum Gasteiger partial charge on any atom is -0.364 e. The zero-order valence-electron chi connectivity index (χ0n) is 13.9. The summed E-state index contributed by atoms with van der Waals surface area (Å²) in [6, 6.07) is 6.81. The van der Waals surface area contributed by atoms with Crippen molar-refractivity contribution in [3.63, 3.8) is 0 Å². The Kier molecular flexibility index (Phi) is 4.24. The lowest BCUT2D eigenvalue weighted by molar-refractivity contribution is 0.0737. The van der Waals surface area contributed by atoms with E-state index in [1.54, 1.807) is 35.0 Å². The topological polar surface area (TPSA) is 78.7 Å². The number of benzene rings is 1. The molecule has 1 aromatic heterocycles. The number of rotatable bonds is 4. The summed E-state index contributed by atoms with van der Waals surface area (Å²) in [5, 5.41) is 6.66. The summed E-state index contributed by atoms with van der Waals surface area (Å²) in [6.45, 7) is 5.03. The Labute approximate surface area is 140 Å². The average molecular weight is 328 g/mol. The van der Waals surface area contributed by atoms with E-state index < -0.39 is 0 Å². The van der Waals surface area contributed by atoms with Gasteiger partial charge in [-0.2, -0.15) is 0 Å². The second kappa shape index (κ2) is 6.35. The minimum atomic E-state index is -0.212. The largest absolute Gasteiger partial charge is 0.364 e. The molecule has 7 heteroatoms. The molecule has 1 saturated heterocycles. The van der Waals surface area contributed by atoms with Crippen LogP contribution in [0.4, 0.5) is 10.5 Å². The van der Waals surface area contributed by atoms with Crippen molar-refractivity contribution in [1.82, 2.24) is 15.4 Å². The zero-order chi connectivity index (χ0) is 17.3. The first kappa shape index (κ1) is 16.0. The molecule has 1 N–H and O–H groups in total. The molecule has 0 spiro atoms. The van der Waals surface area contributed by atoms with Gasteiger partial charge in [-0.15, -0.1) is 0 Å². The van der Waals surface area contributed by atoms with Crippen LogP contribution in [-0.4, -0.2) is 42.1 Å². The molecular weight excluding hydrogens is 308 g/mol. The van der Waals surface area contributed by atoms with Crippen molar-refractivity contribution >= 4 is 17.6 Å². The quantitative estimate of drug-likeness (QED) is 0.934. The van der Waals surface area contributed by atoms with Gasteiger partial charge in [-0.25, -0.2) is 4.79 Å². The highest BCUT2D eigenvalue weighted by Gasteiger charge is 2.25. The Hall–Kier alpha value is -2.83. The van der Waals surface area contributed by atoms with E-state index in [0.29, 0.717) is 24.3 Å². The molecule has 2 heterocycles. The lowest BCUT2D eigenvalue weighted by Gasteiger charge is -2.24. The van der Waals surface area contributed by atoms with Crippen molar-refractivity contribution in [2.75, 3.05) is 25.0 Å². The van der Waals surface area contributed by atoms with Gasteiger partial charge in [0.15, 0.2) is 0 Å². The number of amides is 3. The molecule has 1 aliphatic heterocycles. The van der Waals surface area contributed by atoms with Crippen LogP contribution in [0.5, 0.6) is 0 Å². The lowest BCUT2D eigenvalue weighted by Crippen LogP contribution is -2.31. The van der Waals surface area contributed by atoms with E-state index >= 15 is 0 Å². The van der Waals surface area contributed by atoms with Crippen LogP contribution in [0.2, 0.25) is 0 Å². The molecule has 3 amide bonds. The molecular formula is C17H20N4O3. The first-order valence-electron chi connectivity index (χ1n) is 7.82. The van der Waals surface area contributed by atoms with Gasteiger partial charge in [0, 0.05) is 37.5 Å². The van der Waals surface area contributed by atoms with Gasteiger partial charge in [-0.1, -0.05) is 11.2 Å². The highest BCUT2D eigenvalue weighted by Crippen LogP contribution is 2.25. The number of aryl methyl sites for hydroxylation is 1. The van der Waals surface area contributed by atoms with Gasteiger partial charge in [0.25, 0.3) is 5.91 Å². The number of urea groups is 1. The van der Waals surface area contributed by atoms with Crippen LogP contribution in [0.15, 0.2) is 35.1 Å². The summed E-state index contributed by atoms with van der Waals surface area (Å²) in [6.07, 6.45) is 1.49. The summed E-state index contributed by atoms with van der Waals surface area (Å²) < 4.78 is 4.85. The SMILES string of the molecule is Cc1ccc(C(=O)N(C)C(C)c2ccon2)cc1N1CCNC1=O. The highest BCUT2D eigenvalue weighted by atomic mass is 16.5. The number of nitrogens with zero attached hydrogens (tertiary/aromatic N) is 3. The van der Waals surface area contributed by atoms with Crippen LogP contribution in [-0.2, 0) is 0 Å². The third kappa shape index (κ3) is 2.84. The van der Waals surface area contributed by atoms with Crippen molar-refractivity contribution in [2.45, 2.75) is 19.9 Å². The van der Waals surface area contributed by atoms with Crippen molar-refractivity contribution in [2.24, 2.45) is 0 Å². The van der Waals surface area contributed by atoms with Crippen molar-refractivity contribution in [3.05, 3.63) is 47.3 Å². The fraction of sp³-hybridized carbons (Fsp3) is 0.353. The molecule has 0 aliphatic carbocycles. The maximum atomic E-state index is 12.8. The molecule has 0 saturated carbocycles. The van der Waals surface area contributed by atoms with Crippen LogP contribution in [0, 0.1) is 6.92 Å². The van der Waals surface area contributed by atoms with Gasteiger partial charge in [-0.05, 0) is 31.5 Å². The van der Waals surface area contributed by atoms with Crippen molar-refractivity contribution < 1.29 is 14.1 Å². The summed E-state index contributed by atoms with van der Waals surface area (Å²) >= 11 is 0. The van der Waals surface area contributed by atoms with Crippen molar-refractivity contribution in [1.29, 1.82) is 0 Å². The Balaban J connectivity index is 1.86. The molecule has 1 aliphatic rings. The maximum Gasteiger partial charge on any atom is 0.322 e. The summed E-state index contributed by atoms with van der Waals surface area (Å²) in [7, 11) is 1.73. The molecule has 24 heavy (non-hydrogen) atoms. The van der Waals surface area contributed by atoms with Crippen LogP contribution in [0.1, 0.15) is 34.6 Å². The van der Waals surface area contributed by atoms with Gasteiger partial charge < -0.3 is 14.7 Å². The van der Waals surface area contributed by atoms with E-state index in [1.807, 2.05) is 19.9 Å². The fourth-order valence-electron chi connectivity index (χ4n) is 2.75. The number of aromatic nitrogens is 1. The number of hydrogen-bond donors (Lipinski definition) is 1. The van der Waals surface area contributed by atoms with E-state index in [1.165, 1.54) is 6.26 Å². The zero-order valence-corrected chi connectivity index (χ0v) is 13.9. The monoisotopic (exact) mass is 328 g/mol. The number of nitrogens with one attached hydrogen (secondary N) is 1. The van der Waals surface area contributed by atoms with Gasteiger partial charge >= 0.3 is 6.03 Å². The smallest absolute Gasteiger partial charge is 0.322 e. The van der Waals surface area contributed by atoms with E-state index in [9.17, 15) is 9.59 Å². The second-order valence-electron chi connectivity index (χ2n) is 5.90. The van der Waals surface area contributed by atoms with Crippen LogP contribution in [0.25, 0.3) is 0 Å². The number of anilines is 1. The number of hydrogen-bond acceptors (Lipinski definition) is 4. The van der Waals surface area contributed by atoms with Crippen LogP contribution < -0.4 is 10.2 Å². The van der Waals surface area contributed by atoms with E-state index in [-0.39, 0.29) is 18.0 Å². The molecule has 3 rings (SSSR count). The third-order valence-electron chi connectivity index (χ3n) is 4.39. The molecule has 1 fully saturated rings. The van der Waals surface area contributed by atoms with Crippen LogP contribution >= 0.6 is 0 Å². The van der Waals surface area contributed by atoms with E-state index in [0.717, 1.165) is 11.3 Å². The molecule has 1 aromatic carbocycles. The molecule has 1 atom stereocenters. The standard InChI is InChI=1S/C17H20N4O3/c1-11-4-5-13(10-15(11)21-8-7-18-17(21)23)16(22)20(3)12(2)14-6-9-24-19-14/h4-6,9-10,12H,7-8H2,1-3H3,(H,18,23). The fourth-order valence-corrected chi connectivity index (χ4v) is 2.75. The molecule has 7 nitrogen and oxygen atoms in total. The third-order valence-corrected chi connectivity index (χ3v) is 4.39. The predicted octanol–water partition coefficient (Wildman–Crippen LogP) is 2.35. The Morgan fingerprint density at radius 2 is 2.21 bits per heavy atom. The molecule has 1 unspecified atom stereocenters. The summed E-state index contributed by atoms with van der Waals surface area (Å²) in [4.78, 5) is 28.0. The molecule has 2 aromatic rings. The Bertz CT molecular complexity index is 757. The molecule has 126 valence electrons. The Morgan fingerprint density at radius 3 is 2.83 bits per heavy atom. The maximum absolute atomic E-state index is 12.8. The number of carbonyl (C=O) groups excluding carboxylic acids is 2. The molecule has 0 radical (unpaired) electrons.